The van der Waals surface area contributed by atoms with Gasteiger partial charge in [-0.2, -0.15) is 5.10 Å². The Labute approximate surface area is 162 Å². The number of rotatable bonds is 5. The summed E-state index contributed by atoms with van der Waals surface area (Å²) in [7, 11) is 0. The van der Waals surface area contributed by atoms with Crippen LogP contribution >= 0.6 is 0 Å². The fraction of sp³-hybridized carbons (Fsp3) is 0.652. The number of amides is 1. The second-order valence-corrected chi connectivity index (χ2v) is 10.3. The first-order valence-corrected chi connectivity index (χ1v) is 10.3. The van der Waals surface area contributed by atoms with E-state index in [2.05, 4.69) is 24.4 Å². The van der Waals surface area contributed by atoms with Crippen LogP contribution in [0.4, 0.5) is 0 Å². The van der Waals surface area contributed by atoms with E-state index in [4.69, 9.17) is 4.74 Å². The number of carbonyl (C=O) groups excluding carboxylic acids is 1. The monoisotopic (exact) mass is 368 g/mol. The molecule has 0 aromatic heterocycles. The molecule has 2 atom stereocenters. The minimum atomic E-state index is -0.219. The van der Waals surface area contributed by atoms with Crippen LogP contribution in [0, 0.1) is 22.2 Å². The number of benzene rings is 1. The summed E-state index contributed by atoms with van der Waals surface area (Å²) < 4.78 is 5.72. The van der Waals surface area contributed by atoms with Gasteiger partial charge in [-0.05, 0) is 86.8 Å². The lowest BCUT2D eigenvalue weighted by molar-refractivity contribution is -0.170. The SMILES string of the molecule is CC(C)Oc1cccc(/C=N/NC(=O)C23CC4CC(C)(CC(C)(C4)C2)C3)c1. The molecule has 4 bridgehead atoms. The van der Waals surface area contributed by atoms with Crippen molar-refractivity contribution < 1.29 is 9.53 Å². The fourth-order valence-electron chi connectivity index (χ4n) is 6.93. The van der Waals surface area contributed by atoms with Crippen molar-refractivity contribution in [3.63, 3.8) is 0 Å². The summed E-state index contributed by atoms with van der Waals surface area (Å²) in [6, 6.07) is 7.80. The molecule has 27 heavy (non-hydrogen) atoms. The van der Waals surface area contributed by atoms with E-state index in [1.165, 1.54) is 19.3 Å². The first kappa shape index (κ1) is 18.5. The highest BCUT2D eigenvalue weighted by molar-refractivity contribution is 5.86. The van der Waals surface area contributed by atoms with Crippen molar-refractivity contribution in [3.8, 4) is 5.75 Å². The van der Waals surface area contributed by atoms with Gasteiger partial charge in [-0.15, -0.1) is 0 Å². The molecule has 0 spiro atoms. The third-order valence-electron chi connectivity index (χ3n) is 6.72. The minimum absolute atomic E-state index is 0.120. The maximum Gasteiger partial charge on any atom is 0.246 e. The van der Waals surface area contributed by atoms with Gasteiger partial charge in [0, 0.05) is 0 Å². The molecule has 2 unspecified atom stereocenters. The summed E-state index contributed by atoms with van der Waals surface area (Å²) in [6.45, 7) is 8.80. The molecule has 4 saturated carbocycles. The Bertz CT molecular complexity index is 751. The van der Waals surface area contributed by atoms with Crippen LogP contribution in [0.2, 0.25) is 0 Å². The molecule has 146 valence electrons. The van der Waals surface area contributed by atoms with E-state index in [1.807, 2.05) is 38.1 Å². The zero-order chi connectivity index (χ0) is 19.3. The lowest BCUT2D eigenvalue weighted by atomic mass is 9.40. The highest BCUT2D eigenvalue weighted by Gasteiger charge is 2.62. The Morgan fingerprint density at radius 1 is 1.19 bits per heavy atom. The normalized spacial score (nSPS) is 37.1. The van der Waals surface area contributed by atoms with Crippen molar-refractivity contribution in [3.05, 3.63) is 29.8 Å². The highest BCUT2D eigenvalue weighted by Crippen LogP contribution is 2.69. The van der Waals surface area contributed by atoms with Gasteiger partial charge >= 0.3 is 0 Å². The van der Waals surface area contributed by atoms with Crippen LogP contribution in [0.25, 0.3) is 0 Å². The average molecular weight is 369 g/mol. The third kappa shape index (κ3) is 3.63. The van der Waals surface area contributed by atoms with Crippen LogP contribution in [0.15, 0.2) is 29.4 Å². The number of hydrogen-bond acceptors (Lipinski definition) is 3. The molecule has 1 N–H and O–H groups in total. The van der Waals surface area contributed by atoms with Gasteiger partial charge < -0.3 is 4.74 Å². The molecule has 4 fully saturated rings. The van der Waals surface area contributed by atoms with Crippen molar-refractivity contribution >= 4 is 12.1 Å². The molecule has 4 nitrogen and oxygen atoms in total. The first-order valence-electron chi connectivity index (χ1n) is 10.3. The van der Waals surface area contributed by atoms with Crippen molar-refractivity contribution in [1.29, 1.82) is 0 Å². The van der Waals surface area contributed by atoms with E-state index in [1.54, 1.807) is 6.21 Å². The number of hydrazone groups is 1. The van der Waals surface area contributed by atoms with Gasteiger partial charge in [-0.25, -0.2) is 5.43 Å². The predicted octanol–water partition coefficient (Wildman–Crippen LogP) is 4.92. The summed E-state index contributed by atoms with van der Waals surface area (Å²) in [6.07, 6.45) is 8.79. The van der Waals surface area contributed by atoms with E-state index in [9.17, 15) is 4.79 Å². The van der Waals surface area contributed by atoms with E-state index in [0.29, 0.717) is 16.7 Å². The second-order valence-electron chi connectivity index (χ2n) is 10.3. The Morgan fingerprint density at radius 2 is 1.89 bits per heavy atom. The smallest absolute Gasteiger partial charge is 0.246 e. The van der Waals surface area contributed by atoms with Crippen LogP contribution in [-0.2, 0) is 4.79 Å². The Hall–Kier alpha value is -1.84. The molecule has 4 aliphatic rings. The van der Waals surface area contributed by atoms with Crippen LogP contribution < -0.4 is 10.2 Å². The molecule has 4 heteroatoms. The zero-order valence-corrected chi connectivity index (χ0v) is 17.0. The van der Waals surface area contributed by atoms with Gasteiger partial charge in [0.25, 0.3) is 0 Å². The molecule has 1 aromatic rings. The molecule has 4 aliphatic carbocycles. The third-order valence-corrected chi connectivity index (χ3v) is 6.72. The van der Waals surface area contributed by atoms with Crippen LogP contribution in [0.5, 0.6) is 5.75 Å². The van der Waals surface area contributed by atoms with E-state index in [0.717, 1.165) is 30.6 Å². The van der Waals surface area contributed by atoms with Gasteiger partial charge in [0.2, 0.25) is 5.91 Å². The number of nitrogens with one attached hydrogen (secondary N) is 1. The Kier molecular flexibility index (Phi) is 4.36. The van der Waals surface area contributed by atoms with Crippen molar-refractivity contribution in [2.24, 2.45) is 27.3 Å². The fourth-order valence-corrected chi connectivity index (χ4v) is 6.93. The number of carbonyl (C=O) groups is 1. The first-order chi connectivity index (χ1) is 12.7. The van der Waals surface area contributed by atoms with Crippen molar-refractivity contribution in [2.75, 3.05) is 0 Å². The summed E-state index contributed by atoms with van der Waals surface area (Å²) in [5, 5.41) is 4.28. The zero-order valence-electron chi connectivity index (χ0n) is 17.0. The molecule has 1 amide bonds. The maximum absolute atomic E-state index is 13.1. The summed E-state index contributed by atoms with van der Waals surface area (Å²) in [5.41, 5.74) is 4.24. The van der Waals surface area contributed by atoms with Gasteiger partial charge in [0.1, 0.15) is 5.75 Å². The standard InChI is InChI=1S/C23H32N2O2/c1-16(2)27-19-7-5-6-17(8-19)12-24-25-20(26)23-11-18-9-21(3,14-23)13-22(4,10-18)15-23/h5-8,12,16,18H,9-11,13-15H2,1-4H3,(H,25,26)/b24-12+. The van der Waals surface area contributed by atoms with Crippen LogP contribution in [0.3, 0.4) is 0 Å². The topological polar surface area (TPSA) is 50.7 Å². The van der Waals surface area contributed by atoms with Gasteiger partial charge in [0.05, 0.1) is 17.7 Å². The van der Waals surface area contributed by atoms with Crippen molar-refractivity contribution in [1.82, 2.24) is 5.43 Å². The summed E-state index contributed by atoms with van der Waals surface area (Å²) in [5.74, 6) is 1.65. The quantitative estimate of drug-likeness (QED) is 0.592. The lowest BCUT2D eigenvalue weighted by Crippen LogP contribution is -2.59. The van der Waals surface area contributed by atoms with E-state index >= 15 is 0 Å². The predicted molar refractivity (Wildman–Crippen MR) is 108 cm³/mol. The molecule has 0 radical (unpaired) electrons. The van der Waals surface area contributed by atoms with Gasteiger partial charge in [-0.1, -0.05) is 26.0 Å². The second kappa shape index (κ2) is 6.35. The van der Waals surface area contributed by atoms with Crippen LogP contribution in [0.1, 0.15) is 71.8 Å². The molecule has 1 aromatic carbocycles. The molecule has 5 rings (SSSR count). The Balaban J connectivity index is 1.45. The molecular formula is C23H32N2O2. The minimum Gasteiger partial charge on any atom is -0.491 e. The lowest BCUT2D eigenvalue weighted by Gasteiger charge is -2.64. The Morgan fingerprint density at radius 3 is 2.52 bits per heavy atom. The molecule has 0 heterocycles. The summed E-state index contributed by atoms with van der Waals surface area (Å²) >= 11 is 0. The number of ether oxygens (including phenoxy) is 1. The largest absolute Gasteiger partial charge is 0.491 e. The maximum atomic E-state index is 13.1. The highest BCUT2D eigenvalue weighted by atomic mass is 16.5. The average Bonchev–Trinajstić information content (AvgIpc) is 2.51. The number of nitrogens with zero attached hydrogens (tertiary/aromatic N) is 1. The van der Waals surface area contributed by atoms with Gasteiger partial charge in [0.15, 0.2) is 0 Å². The van der Waals surface area contributed by atoms with Gasteiger partial charge in [-0.3, -0.25) is 4.79 Å². The van der Waals surface area contributed by atoms with E-state index in [-0.39, 0.29) is 17.4 Å². The molecule has 0 saturated heterocycles. The van der Waals surface area contributed by atoms with Crippen LogP contribution in [-0.4, -0.2) is 18.2 Å². The molecule has 0 aliphatic heterocycles. The van der Waals surface area contributed by atoms with E-state index < -0.39 is 0 Å². The van der Waals surface area contributed by atoms with Crippen molar-refractivity contribution in [2.45, 2.75) is 72.3 Å². The molecular weight excluding hydrogens is 336 g/mol. The summed E-state index contributed by atoms with van der Waals surface area (Å²) in [4.78, 5) is 13.1. The number of hydrogen-bond donors (Lipinski definition) is 1.